The zero-order chi connectivity index (χ0) is 10.6. The van der Waals surface area contributed by atoms with E-state index < -0.39 is 7.75 Å². The van der Waals surface area contributed by atoms with Crippen molar-refractivity contribution >= 4 is 7.75 Å². The molecule has 0 saturated carbocycles. The molecule has 0 radical (unpaired) electrons. The Labute approximate surface area is 83.3 Å². The molecule has 2 atom stereocenters. The Kier molecular flexibility index (Phi) is 3.84. The second-order valence-electron chi connectivity index (χ2n) is 3.17. The third kappa shape index (κ3) is 4.53. The molecule has 4 nitrogen and oxygen atoms in total. The molecule has 1 rings (SSSR count). The third-order valence-electron chi connectivity index (χ3n) is 1.70. The van der Waals surface area contributed by atoms with Gasteiger partial charge in [0.15, 0.2) is 0 Å². The molecule has 0 aliphatic heterocycles. The molecule has 1 aromatic carbocycles. The highest BCUT2D eigenvalue weighted by molar-refractivity contribution is 7.50. The Morgan fingerprint density at radius 1 is 1.50 bits per heavy atom. The van der Waals surface area contributed by atoms with E-state index in [0.29, 0.717) is 6.42 Å². The minimum atomic E-state index is -3.86. The lowest BCUT2D eigenvalue weighted by Gasteiger charge is -2.14. The molecular formula is C9H14NO3P. The molecule has 0 amide bonds. The summed E-state index contributed by atoms with van der Waals surface area (Å²) in [5.41, 5.74) is 5.93. The van der Waals surface area contributed by atoms with Crippen molar-refractivity contribution in [1.82, 2.24) is 0 Å². The van der Waals surface area contributed by atoms with E-state index >= 15 is 0 Å². The highest BCUT2D eigenvalue weighted by Crippen LogP contribution is 2.33. The van der Waals surface area contributed by atoms with Gasteiger partial charge in [-0.1, -0.05) is 30.3 Å². The molecule has 0 heterocycles. The average molecular weight is 215 g/mol. The van der Waals surface area contributed by atoms with Crippen molar-refractivity contribution < 1.29 is 14.0 Å². The second kappa shape index (κ2) is 4.71. The number of benzene rings is 1. The third-order valence-corrected chi connectivity index (χ3v) is 2.36. The van der Waals surface area contributed by atoms with E-state index in [9.17, 15) is 4.57 Å². The van der Waals surface area contributed by atoms with Crippen molar-refractivity contribution in [3.05, 3.63) is 35.9 Å². The SMILES string of the molecule is CC(Cc1ccccc1)OP(N)(=O)O. The number of hydrogen-bond acceptors (Lipinski definition) is 2. The maximum Gasteiger partial charge on any atom is 0.400 e. The first-order valence-electron chi connectivity index (χ1n) is 4.31. The van der Waals surface area contributed by atoms with Gasteiger partial charge in [-0.2, -0.15) is 0 Å². The number of hydrogen-bond donors (Lipinski definition) is 2. The topological polar surface area (TPSA) is 72.5 Å². The van der Waals surface area contributed by atoms with Crippen LogP contribution < -0.4 is 5.50 Å². The van der Waals surface area contributed by atoms with Crippen molar-refractivity contribution in [2.75, 3.05) is 0 Å². The molecule has 5 heteroatoms. The lowest BCUT2D eigenvalue weighted by Crippen LogP contribution is -2.12. The summed E-state index contributed by atoms with van der Waals surface area (Å²) in [6, 6.07) is 9.58. The van der Waals surface area contributed by atoms with Crippen LogP contribution in [-0.2, 0) is 15.5 Å². The maximum absolute atomic E-state index is 10.7. The first-order chi connectivity index (χ1) is 6.47. The summed E-state index contributed by atoms with van der Waals surface area (Å²) in [6.07, 6.45) is 0.209. The highest BCUT2D eigenvalue weighted by Gasteiger charge is 2.16. The van der Waals surface area contributed by atoms with Crippen LogP contribution >= 0.6 is 7.75 Å². The second-order valence-corrected chi connectivity index (χ2v) is 4.51. The van der Waals surface area contributed by atoms with Crippen LogP contribution in [0.2, 0.25) is 0 Å². The Balaban J connectivity index is 2.50. The monoisotopic (exact) mass is 215 g/mol. The summed E-state index contributed by atoms with van der Waals surface area (Å²) in [5.74, 6) is 0. The van der Waals surface area contributed by atoms with Crippen LogP contribution in [0, 0.1) is 0 Å². The fraction of sp³-hybridized carbons (Fsp3) is 0.333. The predicted octanol–water partition coefficient (Wildman–Crippen LogP) is 1.69. The molecule has 0 aliphatic rings. The number of rotatable bonds is 4. The minimum Gasteiger partial charge on any atom is -0.313 e. The number of nitrogens with two attached hydrogens (primary N) is 1. The lowest BCUT2D eigenvalue weighted by atomic mass is 10.1. The van der Waals surface area contributed by atoms with Crippen molar-refractivity contribution in [3.63, 3.8) is 0 Å². The van der Waals surface area contributed by atoms with Crippen LogP contribution in [0.15, 0.2) is 30.3 Å². The summed E-state index contributed by atoms with van der Waals surface area (Å²) in [7, 11) is -3.86. The molecule has 0 saturated heterocycles. The largest absolute Gasteiger partial charge is 0.400 e. The van der Waals surface area contributed by atoms with Gasteiger partial charge in [-0.25, -0.2) is 10.1 Å². The highest BCUT2D eigenvalue weighted by atomic mass is 31.2. The van der Waals surface area contributed by atoms with Crippen LogP contribution in [0.1, 0.15) is 12.5 Å². The Bertz CT molecular complexity index is 322. The van der Waals surface area contributed by atoms with Gasteiger partial charge >= 0.3 is 7.75 Å². The molecule has 2 unspecified atom stereocenters. The van der Waals surface area contributed by atoms with Gasteiger partial charge in [0.25, 0.3) is 0 Å². The van der Waals surface area contributed by atoms with Crippen molar-refractivity contribution in [2.24, 2.45) is 5.50 Å². The van der Waals surface area contributed by atoms with Gasteiger partial charge in [0.1, 0.15) is 0 Å². The van der Waals surface area contributed by atoms with E-state index in [4.69, 9.17) is 14.9 Å². The first kappa shape index (κ1) is 11.4. The van der Waals surface area contributed by atoms with Crippen LogP contribution in [0.25, 0.3) is 0 Å². The minimum absolute atomic E-state index is 0.363. The fourth-order valence-electron chi connectivity index (χ4n) is 1.24. The maximum atomic E-state index is 10.7. The van der Waals surface area contributed by atoms with Gasteiger partial charge in [0.05, 0.1) is 6.10 Å². The molecule has 0 bridgehead atoms. The van der Waals surface area contributed by atoms with Crippen molar-refractivity contribution in [2.45, 2.75) is 19.4 Å². The smallest absolute Gasteiger partial charge is 0.313 e. The lowest BCUT2D eigenvalue weighted by molar-refractivity contribution is 0.189. The van der Waals surface area contributed by atoms with Crippen LogP contribution in [0.4, 0.5) is 0 Å². The van der Waals surface area contributed by atoms with Gasteiger partial charge in [-0.15, -0.1) is 0 Å². The molecular weight excluding hydrogens is 201 g/mol. The van der Waals surface area contributed by atoms with Crippen LogP contribution in [0.3, 0.4) is 0 Å². The van der Waals surface area contributed by atoms with Gasteiger partial charge in [0.2, 0.25) is 0 Å². The summed E-state index contributed by atoms with van der Waals surface area (Å²) in [4.78, 5) is 8.78. The zero-order valence-corrected chi connectivity index (χ0v) is 8.85. The van der Waals surface area contributed by atoms with Crippen LogP contribution in [0.5, 0.6) is 0 Å². The average Bonchev–Trinajstić information content (AvgIpc) is 2.02. The Morgan fingerprint density at radius 3 is 2.57 bits per heavy atom. The normalized spacial score (nSPS) is 17.4. The van der Waals surface area contributed by atoms with E-state index in [1.165, 1.54) is 0 Å². The van der Waals surface area contributed by atoms with E-state index in [0.717, 1.165) is 5.56 Å². The van der Waals surface area contributed by atoms with Crippen molar-refractivity contribution in [3.8, 4) is 0 Å². The molecule has 0 fully saturated rings. The van der Waals surface area contributed by atoms with Gasteiger partial charge in [-0.3, -0.25) is 4.52 Å². The van der Waals surface area contributed by atoms with E-state index in [1.807, 2.05) is 30.3 Å². The molecule has 3 N–H and O–H groups in total. The first-order valence-corrected chi connectivity index (χ1v) is 5.96. The molecule has 0 aliphatic carbocycles. The summed E-state index contributed by atoms with van der Waals surface area (Å²) >= 11 is 0. The molecule has 0 spiro atoms. The molecule has 0 aromatic heterocycles. The zero-order valence-electron chi connectivity index (χ0n) is 7.96. The molecule has 14 heavy (non-hydrogen) atoms. The molecule has 1 aromatic rings. The quantitative estimate of drug-likeness (QED) is 0.749. The van der Waals surface area contributed by atoms with Gasteiger partial charge in [0, 0.05) is 0 Å². The van der Waals surface area contributed by atoms with Crippen LogP contribution in [-0.4, -0.2) is 11.0 Å². The van der Waals surface area contributed by atoms with E-state index in [1.54, 1.807) is 6.92 Å². The summed E-state index contributed by atoms with van der Waals surface area (Å²) in [5, 5.41) is 0. The molecule has 78 valence electrons. The Hall–Kier alpha value is -0.670. The predicted molar refractivity (Wildman–Crippen MR) is 54.7 cm³/mol. The summed E-state index contributed by atoms with van der Waals surface area (Å²) in [6.45, 7) is 1.71. The Morgan fingerprint density at radius 2 is 2.07 bits per heavy atom. The fourth-order valence-corrected chi connectivity index (χ4v) is 1.83. The van der Waals surface area contributed by atoms with E-state index in [-0.39, 0.29) is 6.10 Å². The van der Waals surface area contributed by atoms with Gasteiger partial charge in [-0.05, 0) is 18.9 Å². The summed E-state index contributed by atoms with van der Waals surface area (Å²) < 4.78 is 15.5. The van der Waals surface area contributed by atoms with Crippen molar-refractivity contribution in [1.29, 1.82) is 0 Å². The standard InChI is InChI=1S/C9H14NO3P/c1-8(13-14(10,11)12)7-9-5-3-2-4-6-9/h2-6,8H,7H2,1H3,(H3,10,11,12). The van der Waals surface area contributed by atoms with Gasteiger partial charge < -0.3 is 4.89 Å². The van der Waals surface area contributed by atoms with E-state index in [2.05, 4.69) is 0 Å².